The molecule has 2 heterocycles. The van der Waals surface area contributed by atoms with E-state index < -0.39 is 0 Å². The summed E-state index contributed by atoms with van der Waals surface area (Å²) in [5, 5.41) is 4.96. The van der Waals surface area contributed by atoms with Gasteiger partial charge in [0.2, 0.25) is 0 Å². The molecule has 8 aromatic carbocycles. The highest BCUT2D eigenvalue weighted by atomic mass is 15.0. The Labute approximate surface area is 292 Å². The predicted molar refractivity (Wildman–Crippen MR) is 211 cm³/mol. The van der Waals surface area contributed by atoms with Crippen molar-refractivity contribution in [1.82, 2.24) is 9.13 Å². The smallest absolute Gasteiger partial charge is 0.0627 e. The molecule has 2 nitrogen and oxygen atoms in total. The monoisotopic (exact) mass is 637 g/mol. The molecule has 0 aliphatic carbocycles. The van der Waals surface area contributed by atoms with E-state index in [0.717, 1.165) is 44.7 Å². The van der Waals surface area contributed by atoms with Crippen molar-refractivity contribution < 1.29 is 1.37 Å². The van der Waals surface area contributed by atoms with E-state index in [4.69, 9.17) is 1.37 Å². The van der Waals surface area contributed by atoms with Crippen molar-refractivity contribution >= 4 is 43.6 Å². The molecule has 0 bridgehead atoms. The number of rotatable bonds is 5. The average Bonchev–Trinajstić information content (AvgIpc) is 3.72. The lowest BCUT2D eigenvalue weighted by Gasteiger charge is -2.16. The van der Waals surface area contributed by atoms with Gasteiger partial charge in [-0.05, 0) is 76.3 Å². The molecule has 10 aromatic rings. The van der Waals surface area contributed by atoms with E-state index in [0.29, 0.717) is 6.04 Å². The Morgan fingerprint density at radius 1 is 0.340 bits per heavy atom. The van der Waals surface area contributed by atoms with E-state index >= 15 is 0 Å². The molecule has 2 aromatic heterocycles. The minimum atomic E-state index is 0.507. The Kier molecular flexibility index (Phi) is 6.29. The quantitative estimate of drug-likeness (QED) is 0.178. The van der Waals surface area contributed by atoms with Crippen LogP contribution in [0.5, 0.6) is 0 Å². The van der Waals surface area contributed by atoms with Crippen molar-refractivity contribution in [2.75, 3.05) is 0 Å². The Bertz CT molecular complexity index is 2880. The van der Waals surface area contributed by atoms with E-state index in [9.17, 15) is 0 Å². The molecule has 0 saturated heterocycles. The maximum Gasteiger partial charge on any atom is 0.0627 e. The van der Waals surface area contributed by atoms with E-state index in [1.54, 1.807) is 0 Å². The van der Waals surface area contributed by atoms with Gasteiger partial charge in [-0.15, -0.1) is 0 Å². The first-order chi connectivity index (χ1) is 25.2. The number of nitrogens with zero attached hydrogens (tertiary/aromatic N) is 2. The molecule has 0 unspecified atom stereocenters. The third-order valence-corrected chi connectivity index (χ3v) is 10.0. The second-order valence-corrected chi connectivity index (χ2v) is 12.9. The summed E-state index contributed by atoms with van der Waals surface area (Å²) in [4.78, 5) is 0. The number of aromatic nitrogens is 2. The lowest BCUT2D eigenvalue weighted by molar-refractivity contribution is 1.17. The van der Waals surface area contributed by atoms with E-state index in [-0.39, 0.29) is 0 Å². The SMILES string of the molecule is [2H]c1ccc(-c2cc(-c3ccccc3)cc(-n3c4ccccc4c4c5c6ccccc6n(-c6ccccc6)c5c(-c5ccccc5)cc43)c2)cc1. The van der Waals surface area contributed by atoms with Gasteiger partial charge in [0.1, 0.15) is 0 Å². The first-order valence-electron chi connectivity index (χ1n) is 17.6. The van der Waals surface area contributed by atoms with Gasteiger partial charge in [-0.25, -0.2) is 0 Å². The van der Waals surface area contributed by atoms with E-state index in [2.05, 4.69) is 185 Å². The standard InChI is InChI=1S/C48H32N2/c1-5-17-33(18-6-1)36-29-37(34-19-7-2-8-20-34)31-39(30-36)49-43-27-15-13-25-40(43)46-45(49)32-42(35-21-9-3-10-22-35)48-47(46)41-26-14-16-28-44(41)50(48)38-23-11-4-12-24-38/h1-32H/i1D. The van der Waals surface area contributed by atoms with Crippen LogP contribution in [0.4, 0.5) is 0 Å². The van der Waals surface area contributed by atoms with Crippen molar-refractivity contribution in [3.63, 3.8) is 0 Å². The van der Waals surface area contributed by atoms with Crippen LogP contribution < -0.4 is 0 Å². The molecule has 0 radical (unpaired) electrons. The minimum Gasteiger partial charge on any atom is -0.309 e. The van der Waals surface area contributed by atoms with Crippen LogP contribution in [0.25, 0.3) is 88.4 Å². The van der Waals surface area contributed by atoms with Crippen LogP contribution in [0.3, 0.4) is 0 Å². The molecule has 234 valence electrons. The Morgan fingerprint density at radius 2 is 0.840 bits per heavy atom. The first-order valence-corrected chi connectivity index (χ1v) is 17.1. The van der Waals surface area contributed by atoms with Crippen molar-refractivity contribution in [3.05, 3.63) is 194 Å². The van der Waals surface area contributed by atoms with Crippen molar-refractivity contribution in [1.29, 1.82) is 0 Å². The van der Waals surface area contributed by atoms with Crippen molar-refractivity contribution in [2.45, 2.75) is 0 Å². The molecule has 0 spiro atoms. The third kappa shape index (κ3) is 4.43. The minimum absolute atomic E-state index is 0.507. The van der Waals surface area contributed by atoms with E-state index in [1.165, 1.54) is 43.7 Å². The summed E-state index contributed by atoms with van der Waals surface area (Å²) >= 11 is 0. The first kappa shape index (κ1) is 27.3. The Morgan fingerprint density at radius 3 is 1.48 bits per heavy atom. The fraction of sp³-hybridized carbons (Fsp3) is 0. The summed E-state index contributed by atoms with van der Waals surface area (Å²) in [6.45, 7) is 0. The molecule has 50 heavy (non-hydrogen) atoms. The molecule has 0 amide bonds. The van der Waals surface area contributed by atoms with Gasteiger partial charge in [-0.2, -0.15) is 0 Å². The topological polar surface area (TPSA) is 9.86 Å². The summed E-state index contributed by atoms with van der Waals surface area (Å²) in [5.41, 5.74) is 13.8. The van der Waals surface area contributed by atoms with Crippen molar-refractivity contribution in [3.8, 4) is 44.8 Å². The molecule has 0 aliphatic heterocycles. The van der Waals surface area contributed by atoms with Crippen LogP contribution in [0.15, 0.2) is 194 Å². The molecule has 0 fully saturated rings. The molecular formula is C48H32N2. The lowest BCUT2D eigenvalue weighted by atomic mass is 9.97. The van der Waals surface area contributed by atoms with Crippen LogP contribution in [-0.4, -0.2) is 9.13 Å². The number of para-hydroxylation sites is 3. The van der Waals surface area contributed by atoms with Gasteiger partial charge in [0.25, 0.3) is 0 Å². The Balaban J connectivity index is 1.39. The van der Waals surface area contributed by atoms with Gasteiger partial charge in [0, 0.05) is 38.5 Å². The normalized spacial score (nSPS) is 11.9. The van der Waals surface area contributed by atoms with Crippen molar-refractivity contribution in [2.24, 2.45) is 0 Å². The molecule has 10 rings (SSSR count). The summed E-state index contributed by atoms with van der Waals surface area (Å²) in [6.07, 6.45) is 0. The second kappa shape index (κ2) is 11.5. The zero-order valence-electron chi connectivity index (χ0n) is 28.3. The van der Waals surface area contributed by atoms with E-state index in [1.807, 2.05) is 12.1 Å². The molecule has 0 saturated carbocycles. The fourth-order valence-corrected chi connectivity index (χ4v) is 7.86. The number of fused-ring (bicyclic) bond motifs is 7. The van der Waals surface area contributed by atoms with Gasteiger partial charge in [-0.1, -0.05) is 146 Å². The number of hydrogen-bond acceptors (Lipinski definition) is 0. The fourth-order valence-electron chi connectivity index (χ4n) is 7.86. The highest BCUT2D eigenvalue weighted by Gasteiger charge is 2.24. The van der Waals surface area contributed by atoms with Crippen LogP contribution >= 0.6 is 0 Å². The van der Waals surface area contributed by atoms with Gasteiger partial charge in [0.15, 0.2) is 0 Å². The molecule has 0 atom stereocenters. The van der Waals surface area contributed by atoms with Crippen LogP contribution in [0.2, 0.25) is 0 Å². The van der Waals surface area contributed by atoms with Gasteiger partial charge < -0.3 is 9.13 Å². The van der Waals surface area contributed by atoms with Crippen LogP contribution in [-0.2, 0) is 0 Å². The number of hydrogen-bond donors (Lipinski definition) is 0. The van der Waals surface area contributed by atoms with Gasteiger partial charge >= 0.3 is 0 Å². The van der Waals surface area contributed by atoms with Crippen LogP contribution in [0.1, 0.15) is 1.37 Å². The summed E-state index contributed by atoms with van der Waals surface area (Å²) < 4.78 is 13.0. The highest BCUT2D eigenvalue weighted by molar-refractivity contribution is 6.31. The predicted octanol–water partition coefficient (Wildman–Crippen LogP) is 12.9. The summed E-state index contributed by atoms with van der Waals surface area (Å²) in [6, 6.07) is 67.5. The molecule has 0 N–H and O–H groups in total. The zero-order chi connectivity index (χ0) is 33.9. The van der Waals surface area contributed by atoms with Gasteiger partial charge in [-0.3, -0.25) is 0 Å². The molecule has 2 heteroatoms. The average molecular weight is 638 g/mol. The third-order valence-electron chi connectivity index (χ3n) is 10.0. The summed E-state index contributed by atoms with van der Waals surface area (Å²) in [5.74, 6) is 0. The zero-order valence-corrected chi connectivity index (χ0v) is 27.3. The molecular weight excluding hydrogens is 605 g/mol. The molecule has 0 aliphatic rings. The summed E-state index contributed by atoms with van der Waals surface area (Å²) in [7, 11) is 0. The van der Waals surface area contributed by atoms with Gasteiger partial charge in [0.05, 0.1) is 23.4 Å². The second-order valence-electron chi connectivity index (χ2n) is 12.9. The maximum atomic E-state index is 8.13. The number of benzene rings is 8. The maximum absolute atomic E-state index is 8.13. The lowest BCUT2D eigenvalue weighted by Crippen LogP contribution is -1.98. The highest BCUT2D eigenvalue weighted by Crippen LogP contribution is 2.47. The Hall–Kier alpha value is -6.64. The van der Waals surface area contributed by atoms with Crippen LogP contribution in [0, 0.1) is 0 Å². The largest absolute Gasteiger partial charge is 0.309 e.